The number of carbonyl (C=O) groups excluding carboxylic acids is 1. The van der Waals surface area contributed by atoms with Crippen molar-refractivity contribution in [1.82, 2.24) is 14.8 Å². The molecule has 0 saturated heterocycles. The van der Waals surface area contributed by atoms with Crippen LogP contribution in [-0.2, 0) is 4.79 Å². The van der Waals surface area contributed by atoms with E-state index in [1.54, 1.807) is 14.2 Å². The fraction of sp³-hybridized carbons (Fsp3) is 0.450. The first-order valence-corrected chi connectivity index (χ1v) is 9.00. The van der Waals surface area contributed by atoms with Crippen LogP contribution in [0.4, 0.5) is 5.95 Å². The average Bonchev–Trinajstić information content (AvgIpc) is 2.97. The average molecular weight is 368 g/mol. The molecule has 27 heavy (non-hydrogen) atoms. The van der Waals surface area contributed by atoms with Crippen LogP contribution in [0.25, 0.3) is 0 Å². The summed E-state index contributed by atoms with van der Waals surface area (Å²) in [5.74, 6) is 2.46. The van der Waals surface area contributed by atoms with Crippen LogP contribution in [0.1, 0.15) is 37.7 Å². The standard InChI is InChI=1S/C20H24N4O3/c1-11-21-19-22-13-9-20(2,3)10-14(25)17(13)18(24(19)23-11)12-6-7-15(26-4)16(8-12)27-5/h6-9,17-18H,10H2,1-5H3,(H,21,22,23)/t17-,18-/m1/s1. The van der Waals surface area contributed by atoms with Gasteiger partial charge in [0, 0.05) is 12.1 Å². The minimum atomic E-state index is -0.329. The maximum atomic E-state index is 13.1. The van der Waals surface area contributed by atoms with Crippen LogP contribution in [0.5, 0.6) is 11.5 Å². The summed E-state index contributed by atoms with van der Waals surface area (Å²) in [5, 5.41) is 7.89. The number of fused-ring (bicyclic) bond motifs is 2. The number of carbonyl (C=O) groups is 1. The number of aromatic nitrogens is 3. The SMILES string of the molecule is COc1ccc([C@@H]2[C@H]3C(=O)CC(C)(C)C=C3Nc3nc(C)nn32)cc1OC. The summed E-state index contributed by atoms with van der Waals surface area (Å²) in [7, 11) is 3.21. The minimum Gasteiger partial charge on any atom is -0.493 e. The van der Waals surface area contributed by atoms with Crippen molar-refractivity contribution in [3.63, 3.8) is 0 Å². The number of benzene rings is 1. The fourth-order valence-electron chi connectivity index (χ4n) is 4.10. The Balaban J connectivity index is 1.90. The highest BCUT2D eigenvalue weighted by atomic mass is 16.5. The zero-order chi connectivity index (χ0) is 19.3. The summed E-state index contributed by atoms with van der Waals surface area (Å²) in [6.07, 6.45) is 2.65. The second kappa shape index (κ2) is 6.11. The third kappa shape index (κ3) is 2.87. The molecular weight excluding hydrogens is 344 g/mol. The summed E-state index contributed by atoms with van der Waals surface area (Å²) in [5.41, 5.74) is 1.65. The Morgan fingerprint density at radius 3 is 2.67 bits per heavy atom. The number of nitrogens with zero attached hydrogens (tertiary/aromatic N) is 3. The van der Waals surface area contributed by atoms with Crippen molar-refractivity contribution < 1.29 is 14.3 Å². The first-order chi connectivity index (χ1) is 12.8. The number of nitrogens with one attached hydrogen (secondary N) is 1. The minimum absolute atomic E-state index is 0.185. The van der Waals surface area contributed by atoms with Gasteiger partial charge in [0.05, 0.1) is 26.2 Å². The summed E-state index contributed by atoms with van der Waals surface area (Å²) < 4.78 is 12.6. The van der Waals surface area contributed by atoms with Crippen LogP contribution in [0.3, 0.4) is 0 Å². The van der Waals surface area contributed by atoms with E-state index in [4.69, 9.17) is 9.47 Å². The molecule has 0 bridgehead atoms. The van der Waals surface area contributed by atoms with Gasteiger partial charge in [0.25, 0.3) is 0 Å². The van der Waals surface area contributed by atoms with Crippen LogP contribution >= 0.6 is 0 Å². The van der Waals surface area contributed by atoms with Crippen molar-refractivity contribution in [1.29, 1.82) is 0 Å². The van der Waals surface area contributed by atoms with Crippen molar-refractivity contribution >= 4 is 11.7 Å². The molecule has 1 aliphatic carbocycles. The Labute approximate surface area is 158 Å². The number of methoxy groups -OCH3 is 2. The van der Waals surface area contributed by atoms with Gasteiger partial charge in [0.15, 0.2) is 11.5 Å². The highest BCUT2D eigenvalue weighted by Crippen LogP contribution is 2.46. The lowest BCUT2D eigenvalue weighted by Crippen LogP contribution is -2.42. The molecule has 1 aliphatic heterocycles. The van der Waals surface area contributed by atoms with E-state index in [0.717, 1.165) is 11.3 Å². The van der Waals surface area contributed by atoms with E-state index >= 15 is 0 Å². The number of rotatable bonds is 3. The third-order valence-corrected chi connectivity index (χ3v) is 5.18. The lowest BCUT2D eigenvalue weighted by molar-refractivity contribution is -0.125. The second-order valence-corrected chi connectivity index (χ2v) is 7.82. The van der Waals surface area contributed by atoms with Crippen LogP contribution in [0.15, 0.2) is 30.0 Å². The summed E-state index contributed by atoms with van der Waals surface area (Å²) >= 11 is 0. The number of Topliss-reactive ketones (excluding diaryl/α,β-unsaturated/α-hetero) is 1. The maximum absolute atomic E-state index is 13.1. The number of ketones is 1. The van der Waals surface area contributed by atoms with Gasteiger partial charge in [-0.05, 0) is 30.0 Å². The van der Waals surface area contributed by atoms with E-state index in [1.165, 1.54) is 0 Å². The Morgan fingerprint density at radius 2 is 1.96 bits per heavy atom. The van der Waals surface area contributed by atoms with E-state index in [-0.39, 0.29) is 23.2 Å². The number of anilines is 1. The topological polar surface area (TPSA) is 78.3 Å². The monoisotopic (exact) mass is 368 g/mol. The fourth-order valence-corrected chi connectivity index (χ4v) is 4.10. The quantitative estimate of drug-likeness (QED) is 0.897. The predicted octanol–water partition coefficient (Wildman–Crippen LogP) is 3.12. The number of hydrogen-bond donors (Lipinski definition) is 1. The summed E-state index contributed by atoms with van der Waals surface area (Å²) in [4.78, 5) is 17.6. The Bertz CT molecular complexity index is 945. The van der Waals surface area contributed by atoms with Gasteiger partial charge >= 0.3 is 0 Å². The predicted molar refractivity (Wildman–Crippen MR) is 101 cm³/mol. The molecule has 4 rings (SSSR count). The molecule has 0 spiro atoms. The summed E-state index contributed by atoms with van der Waals surface area (Å²) in [6, 6.07) is 5.46. The van der Waals surface area contributed by atoms with Gasteiger partial charge in [-0.25, -0.2) is 4.68 Å². The number of aryl methyl sites for hydroxylation is 1. The van der Waals surface area contributed by atoms with E-state index in [2.05, 4.69) is 35.3 Å². The third-order valence-electron chi connectivity index (χ3n) is 5.18. The van der Waals surface area contributed by atoms with E-state index < -0.39 is 0 Å². The molecule has 0 radical (unpaired) electrons. The Hall–Kier alpha value is -2.83. The van der Waals surface area contributed by atoms with Gasteiger partial charge in [0.2, 0.25) is 5.95 Å². The number of ether oxygens (including phenoxy) is 2. The molecule has 2 atom stereocenters. The van der Waals surface area contributed by atoms with Crippen LogP contribution in [-0.4, -0.2) is 34.8 Å². The van der Waals surface area contributed by atoms with Gasteiger partial charge in [-0.3, -0.25) is 4.79 Å². The molecule has 7 heteroatoms. The van der Waals surface area contributed by atoms with Gasteiger partial charge in [0.1, 0.15) is 11.6 Å². The molecule has 2 aromatic rings. The van der Waals surface area contributed by atoms with E-state index in [1.807, 2.05) is 29.8 Å². The first-order valence-electron chi connectivity index (χ1n) is 9.00. The second-order valence-electron chi connectivity index (χ2n) is 7.82. The first kappa shape index (κ1) is 17.6. The smallest absolute Gasteiger partial charge is 0.226 e. The Kier molecular flexibility index (Phi) is 3.98. The molecule has 2 aliphatic rings. The highest BCUT2D eigenvalue weighted by Gasteiger charge is 2.45. The molecule has 142 valence electrons. The Morgan fingerprint density at radius 1 is 1.22 bits per heavy atom. The molecule has 7 nitrogen and oxygen atoms in total. The van der Waals surface area contributed by atoms with Crippen LogP contribution in [0, 0.1) is 18.3 Å². The molecule has 1 aromatic carbocycles. The van der Waals surface area contributed by atoms with E-state index in [0.29, 0.717) is 29.7 Å². The van der Waals surface area contributed by atoms with Gasteiger partial charge < -0.3 is 14.8 Å². The van der Waals surface area contributed by atoms with Gasteiger partial charge in [-0.15, -0.1) is 0 Å². The van der Waals surface area contributed by atoms with Gasteiger partial charge in [-0.2, -0.15) is 10.1 Å². The lowest BCUT2D eigenvalue weighted by Gasteiger charge is -2.40. The van der Waals surface area contributed by atoms with Crippen LogP contribution < -0.4 is 14.8 Å². The highest BCUT2D eigenvalue weighted by molar-refractivity contribution is 5.88. The molecule has 0 amide bonds. The summed E-state index contributed by atoms with van der Waals surface area (Å²) in [6.45, 7) is 6.00. The molecule has 1 N–H and O–H groups in total. The molecule has 0 unspecified atom stereocenters. The van der Waals surface area contributed by atoms with Crippen molar-refractivity contribution in [2.45, 2.75) is 33.2 Å². The largest absolute Gasteiger partial charge is 0.493 e. The van der Waals surface area contributed by atoms with Crippen LogP contribution in [0.2, 0.25) is 0 Å². The molecule has 0 fully saturated rings. The molecule has 0 saturated carbocycles. The van der Waals surface area contributed by atoms with Crippen molar-refractivity contribution in [2.24, 2.45) is 11.3 Å². The molecule has 1 aromatic heterocycles. The van der Waals surface area contributed by atoms with E-state index in [9.17, 15) is 4.79 Å². The lowest BCUT2D eigenvalue weighted by atomic mass is 9.72. The zero-order valence-electron chi connectivity index (χ0n) is 16.2. The van der Waals surface area contributed by atoms with Crippen molar-refractivity contribution in [2.75, 3.05) is 19.5 Å². The van der Waals surface area contributed by atoms with Crippen molar-refractivity contribution in [3.8, 4) is 11.5 Å². The number of allylic oxidation sites excluding steroid dienone is 2. The van der Waals surface area contributed by atoms with Crippen molar-refractivity contribution in [3.05, 3.63) is 41.4 Å². The zero-order valence-corrected chi connectivity index (χ0v) is 16.2. The maximum Gasteiger partial charge on any atom is 0.226 e. The van der Waals surface area contributed by atoms with Gasteiger partial charge in [-0.1, -0.05) is 26.0 Å². The number of hydrogen-bond acceptors (Lipinski definition) is 6. The molecule has 2 heterocycles. The molecular formula is C20H24N4O3. The normalized spacial score (nSPS) is 23.0.